The van der Waals surface area contributed by atoms with Crippen molar-refractivity contribution in [1.82, 2.24) is 0 Å². The van der Waals surface area contributed by atoms with Crippen LogP contribution in [0.5, 0.6) is 0 Å². The zero-order valence-electron chi connectivity index (χ0n) is 16.6. The van der Waals surface area contributed by atoms with Crippen LogP contribution in [-0.4, -0.2) is 24.2 Å². The fraction of sp³-hybridized carbons (Fsp3) is 0.333. The molecule has 206 valence electrons. The summed E-state index contributed by atoms with van der Waals surface area (Å²) >= 11 is -5.11. The van der Waals surface area contributed by atoms with Crippen molar-refractivity contribution in [2.75, 3.05) is 0 Å². The second kappa shape index (κ2) is 9.38. The Balaban J connectivity index is 3.12. The normalized spacial score (nSPS) is 14.3. The van der Waals surface area contributed by atoms with Gasteiger partial charge in [0.25, 0.3) is 0 Å². The van der Waals surface area contributed by atoms with Crippen molar-refractivity contribution in [3.05, 3.63) is 57.6 Å². The van der Waals surface area contributed by atoms with Gasteiger partial charge in [-0.05, 0) is 0 Å². The minimum atomic E-state index is -6.13. The van der Waals surface area contributed by atoms with Crippen LogP contribution in [0.25, 0.3) is 0 Å². The van der Waals surface area contributed by atoms with Crippen molar-refractivity contribution in [3.8, 4) is 0 Å². The molecule has 0 heterocycles. The molecule has 19 heteroatoms. The van der Waals surface area contributed by atoms with E-state index in [-0.39, 0.29) is 0 Å². The molecule has 0 aliphatic heterocycles. The predicted octanol–water partition coefficient (Wildman–Crippen LogP) is 7.45. The van der Waals surface area contributed by atoms with Crippen LogP contribution in [0.15, 0.2) is 24.3 Å². The Labute approximate surface area is 204 Å². The van der Waals surface area contributed by atoms with Crippen LogP contribution in [0.2, 0.25) is 0 Å². The van der Waals surface area contributed by atoms with Crippen molar-refractivity contribution >= 4 is 30.5 Å². The quantitative estimate of drug-likeness (QED) is 0.220. The van der Waals surface area contributed by atoms with Crippen LogP contribution in [0.1, 0.15) is 33.4 Å². The van der Waals surface area contributed by atoms with E-state index in [9.17, 15) is 79.0 Å². The molecule has 0 aliphatic carbocycles. The summed E-state index contributed by atoms with van der Waals surface area (Å²) in [5.74, 6) is 0. The molecule has 2 radical (unpaired) electrons. The number of benzene rings is 2. The van der Waals surface area contributed by atoms with Crippen LogP contribution in [-0.2, 0) is 37.1 Å². The average Bonchev–Trinajstić information content (AvgIpc) is 2.62. The molecule has 0 aromatic heterocycles. The number of hydrogen-bond acceptors (Lipinski definition) is 0. The molecule has 0 fully saturated rings. The summed E-state index contributed by atoms with van der Waals surface area (Å²) in [6.45, 7) is 0. The molecule has 0 saturated heterocycles. The van der Waals surface area contributed by atoms with Gasteiger partial charge in [0.05, 0.1) is 0 Å². The molecule has 0 nitrogen and oxygen atoms in total. The van der Waals surface area contributed by atoms with Gasteiger partial charge >= 0.3 is 204 Å². The van der Waals surface area contributed by atoms with Crippen LogP contribution in [0.4, 0.5) is 79.0 Å². The number of halogens is 18. The maximum atomic E-state index is 13.5. The predicted molar refractivity (Wildman–Crippen MR) is 87.9 cm³/mol. The number of hydrogen-bond donors (Lipinski definition) is 0. The molecule has 2 aromatic carbocycles. The molecule has 0 atom stereocenters. The fourth-order valence-electron chi connectivity index (χ4n) is 2.90. The molecule has 0 saturated carbocycles. The Kier molecular flexibility index (Phi) is 7.94. The van der Waals surface area contributed by atoms with Gasteiger partial charge < -0.3 is 0 Å². The van der Waals surface area contributed by atoms with Gasteiger partial charge in [-0.1, -0.05) is 0 Å². The van der Waals surface area contributed by atoms with Crippen LogP contribution >= 0.6 is 0 Å². The minimum absolute atomic E-state index is 0.915. The van der Waals surface area contributed by atoms with E-state index in [1.54, 1.807) is 0 Å². The summed E-state index contributed by atoms with van der Waals surface area (Å²) in [6, 6.07) is -3.66. The van der Waals surface area contributed by atoms with Crippen LogP contribution in [0.3, 0.4) is 0 Å². The van der Waals surface area contributed by atoms with Crippen molar-refractivity contribution < 1.29 is 79.0 Å². The molecule has 0 bridgehead atoms. The Morgan fingerprint density at radius 1 is 0.324 bits per heavy atom. The maximum absolute atomic E-state index is 13.5. The topological polar surface area (TPSA) is 0 Å². The Morgan fingerprint density at radius 2 is 0.514 bits per heavy atom. The van der Waals surface area contributed by atoms with Gasteiger partial charge in [0, 0.05) is 0 Å². The molecule has 0 spiro atoms. The molecule has 2 rings (SSSR count). The third kappa shape index (κ3) is 7.15. The van der Waals surface area contributed by atoms with Crippen molar-refractivity contribution in [3.63, 3.8) is 0 Å². The molecular formula is C18H4F18Pb. The molecule has 0 N–H and O–H groups in total. The Morgan fingerprint density at radius 3 is 0.649 bits per heavy atom. The van der Waals surface area contributed by atoms with Crippen molar-refractivity contribution in [2.24, 2.45) is 0 Å². The van der Waals surface area contributed by atoms with Crippen molar-refractivity contribution in [2.45, 2.75) is 37.1 Å². The standard InChI is InChI=1S/2C9H2F9.Pb/c2*10-7(11,12)4-1-5(8(13,14)15)3-6(2-4)9(16,17)18;/h2*1-2H;. The van der Waals surface area contributed by atoms with Gasteiger partial charge in [0.1, 0.15) is 0 Å². The number of alkyl halides is 18. The zero-order valence-corrected chi connectivity index (χ0v) is 20.5. The third-order valence-electron chi connectivity index (χ3n) is 4.40. The van der Waals surface area contributed by atoms with Gasteiger partial charge in [-0.15, -0.1) is 0 Å². The summed E-state index contributed by atoms with van der Waals surface area (Å²) in [6.07, 6.45) is -36.2. The summed E-state index contributed by atoms with van der Waals surface area (Å²) in [5.41, 5.74) is -16.3. The monoisotopic (exact) mass is 770 g/mol. The Bertz CT molecular complexity index is 993. The van der Waals surface area contributed by atoms with E-state index >= 15 is 0 Å². The van der Waals surface area contributed by atoms with E-state index in [1.807, 2.05) is 0 Å². The molecular weight excluding hydrogens is 765 g/mol. The molecule has 0 unspecified atom stereocenters. The van der Waals surface area contributed by atoms with E-state index in [4.69, 9.17) is 0 Å². The van der Waals surface area contributed by atoms with Gasteiger partial charge in [0.15, 0.2) is 0 Å². The van der Waals surface area contributed by atoms with Gasteiger partial charge in [-0.3, -0.25) is 0 Å². The molecule has 37 heavy (non-hydrogen) atoms. The molecule has 0 amide bonds. The van der Waals surface area contributed by atoms with Crippen LogP contribution < -0.4 is 6.25 Å². The van der Waals surface area contributed by atoms with Gasteiger partial charge in [0.2, 0.25) is 0 Å². The van der Waals surface area contributed by atoms with Crippen LogP contribution in [0, 0.1) is 0 Å². The molecule has 0 aliphatic rings. The first-order chi connectivity index (χ1) is 16.1. The Hall–Kier alpha value is -1.90. The van der Waals surface area contributed by atoms with E-state index in [1.165, 1.54) is 0 Å². The van der Waals surface area contributed by atoms with E-state index in [0.29, 0.717) is 0 Å². The first kappa shape index (κ1) is 31.3. The second-order valence-electron chi connectivity index (χ2n) is 7.00. The summed E-state index contributed by atoms with van der Waals surface area (Å²) in [7, 11) is 0. The summed E-state index contributed by atoms with van der Waals surface area (Å²) in [5, 5.41) is 0. The van der Waals surface area contributed by atoms with E-state index in [2.05, 4.69) is 0 Å². The second-order valence-corrected chi connectivity index (χ2v) is 11.9. The van der Waals surface area contributed by atoms with Crippen molar-refractivity contribution in [1.29, 1.82) is 0 Å². The first-order valence-electron chi connectivity index (χ1n) is 8.71. The summed E-state index contributed by atoms with van der Waals surface area (Å²) < 4.78 is 235. The average molecular weight is 769 g/mol. The number of rotatable bonds is 2. The fourth-order valence-corrected chi connectivity index (χ4v) is 9.29. The SMILES string of the molecule is FC(F)(F)c1cc(C(F)(F)F)[c]([Pb][c]2c(C(F)(F)F)cc(C(F)(F)F)cc2C(F)(F)F)c(C(F)(F)F)c1. The third-order valence-corrected chi connectivity index (χ3v) is 10.5. The summed E-state index contributed by atoms with van der Waals surface area (Å²) in [4.78, 5) is 0. The molecule has 2 aromatic rings. The van der Waals surface area contributed by atoms with E-state index in [0.717, 1.165) is 0 Å². The zero-order chi connectivity index (χ0) is 29.2. The van der Waals surface area contributed by atoms with Gasteiger partial charge in [-0.2, -0.15) is 0 Å². The first-order valence-corrected chi connectivity index (χ1v) is 12.6. The van der Waals surface area contributed by atoms with Gasteiger partial charge in [-0.25, -0.2) is 0 Å². The van der Waals surface area contributed by atoms with E-state index < -0.39 is 125 Å².